The van der Waals surface area contributed by atoms with Crippen molar-refractivity contribution in [3.05, 3.63) is 29.8 Å². The Kier molecular flexibility index (Phi) is 3.08. The number of carbonyl (C=O) groups is 1. The number of benzene rings is 1. The Morgan fingerprint density at radius 2 is 2.11 bits per heavy atom. The van der Waals surface area contributed by atoms with Crippen LogP contribution < -0.4 is 4.74 Å². The fraction of sp³-hybridized carbons (Fsp3) is 0.533. The number of carbonyl (C=O) groups excluding carboxylic acids is 1. The number of rotatable bonds is 4. The highest BCUT2D eigenvalue weighted by Gasteiger charge is 2.29. The molecule has 0 aromatic heterocycles. The Bertz CT molecular complexity index is 451. The van der Waals surface area contributed by atoms with Gasteiger partial charge in [-0.2, -0.15) is 0 Å². The molecule has 2 fully saturated rings. The standard InChI is InChI=1S/C15H18O3/c1-10-5-8-14(17-10)15(16)11-3-2-4-13(9-11)18-12-6-7-12/h2-4,9-10,12,14H,5-8H2,1H3. The molecule has 1 aliphatic carbocycles. The molecule has 1 aromatic rings. The minimum atomic E-state index is -0.267. The third kappa shape index (κ3) is 2.56. The van der Waals surface area contributed by atoms with Crippen LogP contribution in [0.25, 0.3) is 0 Å². The zero-order valence-electron chi connectivity index (χ0n) is 10.6. The molecule has 0 spiro atoms. The first-order valence-electron chi connectivity index (χ1n) is 6.69. The van der Waals surface area contributed by atoms with Crippen LogP contribution in [-0.4, -0.2) is 24.1 Å². The van der Waals surface area contributed by atoms with Crippen LogP contribution in [0.5, 0.6) is 5.75 Å². The van der Waals surface area contributed by atoms with Crippen molar-refractivity contribution in [3.63, 3.8) is 0 Å². The molecule has 0 radical (unpaired) electrons. The molecule has 0 N–H and O–H groups in total. The quantitative estimate of drug-likeness (QED) is 0.766. The monoisotopic (exact) mass is 246 g/mol. The van der Waals surface area contributed by atoms with Gasteiger partial charge < -0.3 is 9.47 Å². The molecule has 3 rings (SSSR count). The van der Waals surface area contributed by atoms with Gasteiger partial charge in [0.2, 0.25) is 0 Å². The van der Waals surface area contributed by atoms with Crippen LogP contribution >= 0.6 is 0 Å². The van der Waals surface area contributed by atoms with Gasteiger partial charge in [0.05, 0.1) is 12.2 Å². The highest BCUT2D eigenvalue weighted by molar-refractivity contribution is 5.99. The first kappa shape index (κ1) is 11.7. The molecule has 2 aliphatic rings. The molecule has 1 aromatic carbocycles. The second-order valence-corrected chi connectivity index (χ2v) is 5.22. The Hall–Kier alpha value is -1.35. The van der Waals surface area contributed by atoms with E-state index in [1.807, 2.05) is 31.2 Å². The van der Waals surface area contributed by atoms with E-state index in [0.717, 1.165) is 31.4 Å². The lowest BCUT2D eigenvalue weighted by Crippen LogP contribution is -2.20. The average Bonchev–Trinajstić information content (AvgIpc) is 3.08. The molecule has 18 heavy (non-hydrogen) atoms. The van der Waals surface area contributed by atoms with Gasteiger partial charge >= 0.3 is 0 Å². The Balaban J connectivity index is 1.72. The van der Waals surface area contributed by atoms with Crippen molar-refractivity contribution < 1.29 is 14.3 Å². The summed E-state index contributed by atoms with van der Waals surface area (Å²) in [6, 6.07) is 7.47. The zero-order valence-corrected chi connectivity index (χ0v) is 10.6. The summed E-state index contributed by atoms with van der Waals surface area (Å²) >= 11 is 0. The van der Waals surface area contributed by atoms with Gasteiger partial charge in [-0.1, -0.05) is 12.1 Å². The molecule has 2 atom stereocenters. The first-order valence-corrected chi connectivity index (χ1v) is 6.69. The predicted octanol–water partition coefficient (Wildman–Crippen LogP) is 2.98. The number of ether oxygens (including phenoxy) is 2. The molecule has 1 saturated carbocycles. The van der Waals surface area contributed by atoms with Crippen molar-refractivity contribution in [2.75, 3.05) is 0 Å². The normalized spacial score (nSPS) is 27.2. The molecule has 1 heterocycles. The van der Waals surface area contributed by atoms with Gasteiger partial charge in [0, 0.05) is 5.56 Å². The summed E-state index contributed by atoms with van der Waals surface area (Å²) in [5, 5.41) is 0. The molecular weight excluding hydrogens is 228 g/mol. The van der Waals surface area contributed by atoms with E-state index >= 15 is 0 Å². The highest BCUT2D eigenvalue weighted by atomic mass is 16.5. The number of Topliss-reactive ketones (excluding diaryl/α,β-unsaturated/α-hetero) is 1. The lowest BCUT2D eigenvalue weighted by atomic mass is 10.0. The summed E-state index contributed by atoms with van der Waals surface area (Å²) in [5.41, 5.74) is 0.701. The van der Waals surface area contributed by atoms with E-state index in [1.54, 1.807) is 0 Å². The largest absolute Gasteiger partial charge is 0.490 e. The van der Waals surface area contributed by atoms with E-state index in [2.05, 4.69) is 0 Å². The molecular formula is C15H18O3. The van der Waals surface area contributed by atoms with E-state index in [-0.39, 0.29) is 18.0 Å². The smallest absolute Gasteiger partial charge is 0.191 e. The summed E-state index contributed by atoms with van der Waals surface area (Å²) in [6.07, 6.45) is 4.34. The van der Waals surface area contributed by atoms with Gasteiger partial charge in [0.1, 0.15) is 11.9 Å². The fourth-order valence-corrected chi connectivity index (χ4v) is 2.28. The van der Waals surface area contributed by atoms with Crippen molar-refractivity contribution in [2.45, 2.75) is 50.9 Å². The minimum absolute atomic E-state index is 0.0839. The van der Waals surface area contributed by atoms with Crippen LogP contribution in [0.1, 0.15) is 43.0 Å². The summed E-state index contributed by atoms with van der Waals surface area (Å²) < 4.78 is 11.3. The van der Waals surface area contributed by atoms with E-state index in [9.17, 15) is 4.79 Å². The van der Waals surface area contributed by atoms with E-state index < -0.39 is 0 Å². The summed E-state index contributed by atoms with van der Waals surface area (Å²) in [6.45, 7) is 2.01. The molecule has 2 unspecified atom stereocenters. The van der Waals surface area contributed by atoms with Crippen LogP contribution in [-0.2, 0) is 4.74 Å². The molecule has 0 bridgehead atoms. The molecule has 96 valence electrons. The third-order valence-corrected chi connectivity index (χ3v) is 3.47. The number of ketones is 1. The average molecular weight is 246 g/mol. The van der Waals surface area contributed by atoms with Crippen molar-refractivity contribution >= 4 is 5.78 Å². The lowest BCUT2D eigenvalue weighted by molar-refractivity contribution is 0.0433. The van der Waals surface area contributed by atoms with Gasteiger partial charge in [0.25, 0.3) is 0 Å². The summed E-state index contributed by atoms with van der Waals surface area (Å²) in [4.78, 5) is 12.3. The van der Waals surface area contributed by atoms with Crippen LogP contribution in [0.4, 0.5) is 0 Å². The third-order valence-electron chi connectivity index (χ3n) is 3.47. The summed E-state index contributed by atoms with van der Waals surface area (Å²) in [7, 11) is 0. The maximum absolute atomic E-state index is 12.3. The fourth-order valence-electron chi connectivity index (χ4n) is 2.28. The number of hydrogen-bond acceptors (Lipinski definition) is 3. The molecule has 1 aliphatic heterocycles. The van der Waals surface area contributed by atoms with Gasteiger partial charge in [-0.15, -0.1) is 0 Å². The molecule has 0 amide bonds. The zero-order chi connectivity index (χ0) is 12.5. The van der Waals surface area contributed by atoms with Crippen LogP contribution in [0, 0.1) is 0 Å². The minimum Gasteiger partial charge on any atom is -0.490 e. The second-order valence-electron chi connectivity index (χ2n) is 5.22. The molecule has 3 nitrogen and oxygen atoms in total. The van der Waals surface area contributed by atoms with Gasteiger partial charge in [-0.25, -0.2) is 0 Å². The van der Waals surface area contributed by atoms with Gasteiger partial charge in [-0.05, 0) is 44.7 Å². The predicted molar refractivity (Wildman–Crippen MR) is 68.0 cm³/mol. The van der Waals surface area contributed by atoms with E-state index in [4.69, 9.17) is 9.47 Å². The first-order chi connectivity index (χ1) is 8.72. The van der Waals surface area contributed by atoms with Crippen molar-refractivity contribution in [1.82, 2.24) is 0 Å². The van der Waals surface area contributed by atoms with Gasteiger partial charge in [-0.3, -0.25) is 4.79 Å². The Morgan fingerprint density at radius 1 is 1.28 bits per heavy atom. The van der Waals surface area contributed by atoms with Crippen LogP contribution in [0.2, 0.25) is 0 Å². The van der Waals surface area contributed by atoms with Crippen molar-refractivity contribution in [2.24, 2.45) is 0 Å². The topological polar surface area (TPSA) is 35.5 Å². The SMILES string of the molecule is CC1CCC(C(=O)c2cccc(OC3CC3)c2)O1. The van der Waals surface area contributed by atoms with Crippen molar-refractivity contribution in [3.8, 4) is 5.75 Å². The van der Waals surface area contributed by atoms with E-state index in [0.29, 0.717) is 11.7 Å². The second kappa shape index (κ2) is 4.73. The van der Waals surface area contributed by atoms with Crippen LogP contribution in [0.3, 0.4) is 0 Å². The van der Waals surface area contributed by atoms with Crippen LogP contribution in [0.15, 0.2) is 24.3 Å². The Labute approximate surface area is 107 Å². The maximum Gasteiger partial charge on any atom is 0.191 e. The molecule has 1 saturated heterocycles. The van der Waals surface area contributed by atoms with E-state index in [1.165, 1.54) is 0 Å². The summed E-state index contributed by atoms with van der Waals surface area (Å²) in [5.74, 6) is 0.884. The molecule has 3 heteroatoms. The number of hydrogen-bond donors (Lipinski definition) is 0. The Morgan fingerprint density at radius 3 is 2.78 bits per heavy atom. The maximum atomic E-state index is 12.3. The highest BCUT2D eigenvalue weighted by Crippen LogP contribution is 2.28. The van der Waals surface area contributed by atoms with Crippen molar-refractivity contribution in [1.29, 1.82) is 0 Å². The lowest BCUT2D eigenvalue weighted by Gasteiger charge is -2.11. The van der Waals surface area contributed by atoms with Gasteiger partial charge in [0.15, 0.2) is 5.78 Å².